The van der Waals surface area contributed by atoms with Gasteiger partial charge in [-0.3, -0.25) is 4.98 Å². The Kier molecular flexibility index (Phi) is 36.9. The van der Waals surface area contributed by atoms with Crippen LogP contribution in [0.5, 0.6) is 0 Å². The summed E-state index contributed by atoms with van der Waals surface area (Å²) < 4.78 is 15.1. The van der Waals surface area contributed by atoms with Gasteiger partial charge in [-0.25, -0.2) is 18.5 Å². The van der Waals surface area contributed by atoms with Crippen LogP contribution >= 0.6 is 15.9 Å². The normalized spacial score (nSPS) is 10.9. The summed E-state index contributed by atoms with van der Waals surface area (Å²) in [6.07, 6.45) is 37.2. The lowest BCUT2D eigenvalue weighted by Crippen LogP contribution is -3.00. The number of hydrogen-bond donors (Lipinski definition) is 1. The van der Waals surface area contributed by atoms with Gasteiger partial charge in [-0.2, -0.15) is 34.1 Å². The molecular formula is C124H93Br3Cl5N11O2. The molecule has 0 atom stereocenters. The SMILES string of the molecule is N#Cc1ccc(CBr)cc1.N#Cc1ccc(C[n+]2ccc(-c3cc[n+](-c4ccc5c(c4)Cc4ccccc4-5)cc3)cc2)cc1.N#Cc1ccc(C[n+]2ccc(-c3cc[n+](-c4ccc5c(c4)Cc4ccccc4-5)cc3)cc2)cc1.O=C(O)c1ccc(C[n+]2ccc(-c3cc[n+](-c4ccc5c(c4)Cc4ccccc4-5)cc3)cc2)cc1.[Br-].[Br-].[Cl-].[Cl-].[Cl-].[Cl-].[Cl-].c1ccc2c(c1)Cc1cc(-[n+]3ccc(-c4ccncc4)cc3)ccc1-2. The Morgan fingerprint density at radius 2 is 0.476 bits per heavy atom. The molecule has 0 fully saturated rings. The molecule has 145 heavy (non-hydrogen) atoms. The van der Waals surface area contributed by atoms with E-state index in [2.05, 4.69) is 413 Å². The number of alkyl halides is 1. The molecule has 0 radical (unpaired) electrons. The number of carboxylic acid groups (broad SMARTS) is 1. The Balaban J connectivity index is 0.000000155. The molecule has 8 heterocycles. The first-order valence-corrected chi connectivity index (χ1v) is 47.2. The fraction of sp³-hybridized carbons (Fsp3) is 0.0645. The average Bonchev–Trinajstić information content (AvgIpc) is 1.65. The number of fused-ring (bicyclic) bond motifs is 12. The molecule has 24 rings (SSSR count). The van der Waals surface area contributed by atoms with Crippen molar-refractivity contribution in [2.45, 2.75) is 50.6 Å². The predicted octanol–water partition coefficient (Wildman–Crippen LogP) is 2.13. The van der Waals surface area contributed by atoms with Crippen molar-refractivity contribution in [1.29, 1.82) is 15.8 Å². The lowest BCUT2D eigenvalue weighted by atomic mass is 10.1. The molecule has 0 saturated heterocycles. The topological polar surface area (TPSA) is 149 Å². The molecule has 4 aliphatic rings. The zero-order valence-electron chi connectivity index (χ0n) is 78.3. The van der Waals surface area contributed by atoms with Gasteiger partial charge in [-0.15, -0.1) is 0 Å². The smallest absolute Gasteiger partial charge is 0.335 e. The van der Waals surface area contributed by atoms with E-state index < -0.39 is 5.97 Å². The number of hydrogen-bond acceptors (Lipinski definition) is 5. The van der Waals surface area contributed by atoms with Crippen molar-refractivity contribution >= 4 is 21.9 Å². The minimum absolute atomic E-state index is 0. The third-order valence-electron chi connectivity index (χ3n) is 26.0. The first-order chi connectivity index (χ1) is 67.9. The first-order valence-electron chi connectivity index (χ1n) is 46.1. The molecular weight excluding hydrogens is 2090 g/mol. The number of nitriles is 3. The summed E-state index contributed by atoms with van der Waals surface area (Å²) in [5.41, 5.74) is 43.3. The van der Waals surface area contributed by atoms with Crippen LogP contribution in [0.25, 0.3) is 112 Å². The zero-order valence-corrected chi connectivity index (χ0v) is 86.9. The van der Waals surface area contributed by atoms with Crippen LogP contribution in [0.15, 0.2) is 463 Å². The Hall–Kier alpha value is -15.3. The third-order valence-corrected chi connectivity index (χ3v) is 26.7. The molecule has 0 spiro atoms. The van der Waals surface area contributed by atoms with E-state index in [0.29, 0.717) is 28.8 Å². The van der Waals surface area contributed by atoms with Crippen molar-refractivity contribution in [3.05, 3.63) is 552 Å². The van der Waals surface area contributed by atoms with Crippen LogP contribution in [0, 0.1) is 34.0 Å². The van der Waals surface area contributed by atoms with Crippen LogP contribution < -0.4 is 128 Å². The van der Waals surface area contributed by atoms with Gasteiger partial charge < -0.3 is 101 Å². The van der Waals surface area contributed by atoms with E-state index in [-0.39, 0.29) is 96.0 Å². The van der Waals surface area contributed by atoms with E-state index in [1.807, 2.05) is 109 Å². The van der Waals surface area contributed by atoms with Crippen molar-refractivity contribution in [3.8, 4) is 130 Å². The van der Waals surface area contributed by atoms with Crippen molar-refractivity contribution in [3.63, 3.8) is 0 Å². The number of rotatable bonds is 16. The van der Waals surface area contributed by atoms with Crippen LogP contribution in [-0.4, -0.2) is 16.1 Å². The molecule has 1 N–H and O–H groups in total. The quantitative estimate of drug-likeness (QED) is 0.116. The summed E-state index contributed by atoms with van der Waals surface area (Å²) in [7, 11) is 0. The molecule has 4 aliphatic carbocycles. The van der Waals surface area contributed by atoms with Gasteiger partial charge in [0.05, 0.1) is 40.5 Å². The minimum Gasteiger partial charge on any atom is -1.00 e. The molecule has 21 heteroatoms. The molecule has 0 saturated carbocycles. The molecule has 712 valence electrons. The van der Waals surface area contributed by atoms with E-state index >= 15 is 0 Å². The number of pyridine rings is 8. The second kappa shape index (κ2) is 50.1. The van der Waals surface area contributed by atoms with E-state index in [1.165, 1.54) is 162 Å². The van der Waals surface area contributed by atoms with E-state index in [0.717, 1.165) is 60.8 Å². The predicted molar refractivity (Wildman–Crippen MR) is 542 cm³/mol. The fourth-order valence-corrected chi connectivity index (χ4v) is 18.9. The zero-order chi connectivity index (χ0) is 93.6. The van der Waals surface area contributed by atoms with Crippen molar-refractivity contribution in [2.24, 2.45) is 0 Å². The molecule has 0 aliphatic heterocycles. The van der Waals surface area contributed by atoms with Gasteiger partial charge >= 0.3 is 5.97 Å². The molecule has 13 nitrogen and oxygen atoms in total. The Morgan fingerprint density at radius 1 is 0.262 bits per heavy atom. The van der Waals surface area contributed by atoms with Gasteiger partial charge in [0, 0.05) is 168 Å². The summed E-state index contributed by atoms with van der Waals surface area (Å²) in [6, 6.07) is 132. The summed E-state index contributed by atoms with van der Waals surface area (Å²) >= 11 is 3.32. The number of benzene rings is 12. The summed E-state index contributed by atoms with van der Waals surface area (Å²) in [5, 5.41) is 36.2. The number of halogens is 8. The number of aromatic carboxylic acids is 1. The third kappa shape index (κ3) is 25.1. The highest BCUT2D eigenvalue weighted by atomic mass is 79.9. The van der Waals surface area contributed by atoms with Crippen molar-refractivity contribution < 1.29 is 138 Å². The van der Waals surface area contributed by atoms with Crippen LogP contribution in [0.3, 0.4) is 0 Å². The lowest BCUT2D eigenvalue weighted by molar-refractivity contribution is -0.688. The standard InChI is InChI=1S/2C31H23N3.C31H23N2O2.C23H17N2.C8H6BrN.2BrH.5ClH/c2*32-21-23-5-7-24(8-6-23)22-33-15-11-25(12-16-33)26-13-17-34(18-14-26)29-9-10-31-28(20-29)19-27-3-1-2-4-30(27)31;34-31(35)25-7-5-22(6-8-25)21-32-15-11-23(12-16-32)24-13-17-33(18-14-24)28-9-10-30-27(20-28)19-26-3-1-2-4-29(26)30;1-2-4-22-19(3-1)15-20-16-21(5-6-23(20)22)25-13-9-18(10-14-25)17-7-11-24-12-8-17;9-5-7-1-3-8(6-10)4-2-7;;;;;;;/h2*1-18,20H,19,22H2;1-18,20H,19,21H2;1-14,16H,15H2;1-4H,5H2;7*1H/q2*+2;2*+1;;;;;;;;/p-6. The Morgan fingerprint density at radius 3 is 0.710 bits per heavy atom. The van der Waals surface area contributed by atoms with Crippen LogP contribution in [0.2, 0.25) is 0 Å². The first kappa shape index (κ1) is 107. The van der Waals surface area contributed by atoms with E-state index in [4.69, 9.17) is 20.9 Å². The van der Waals surface area contributed by atoms with Crippen LogP contribution in [-0.2, 0) is 50.6 Å². The minimum atomic E-state index is -0.903. The Labute approximate surface area is 905 Å². The second-order valence-electron chi connectivity index (χ2n) is 34.8. The summed E-state index contributed by atoms with van der Waals surface area (Å²) in [5.74, 6) is -0.903. The number of carboxylic acids is 1. The molecule has 0 unspecified atom stereocenters. The number of aromatic nitrogens is 8. The van der Waals surface area contributed by atoms with Crippen LogP contribution in [0.4, 0.5) is 0 Å². The van der Waals surface area contributed by atoms with Gasteiger partial charge in [-0.1, -0.05) is 162 Å². The largest absolute Gasteiger partial charge is 1.00 e. The molecule has 0 amide bonds. The number of carbonyl (C=O) groups is 1. The average molecular weight is 2190 g/mol. The molecule has 8 aromatic heterocycles. The van der Waals surface area contributed by atoms with Gasteiger partial charge in [0.2, 0.25) is 22.7 Å². The second-order valence-corrected chi connectivity index (χ2v) is 35.3. The highest BCUT2D eigenvalue weighted by Crippen LogP contribution is 2.41. The van der Waals surface area contributed by atoms with Gasteiger partial charge in [0.15, 0.2) is 106 Å². The van der Waals surface area contributed by atoms with Gasteiger partial charge in [0.1, 0.15) is 0 Å². The maximum atomic E-state index is 11.0. The van der Waals surface area contributed by atoms with Crippen molar-refractivity contribution in [1.82, 2.24) is 4.98 Å². The van der Waals surface area contributed by atoms with Gasteiger partial charge in [-0.05, 0) is 250 Å². The van der Waals surface area contributed by atoms with Gasteiger partial charge in [0.25, 0.3) is 0 Å². The highest BCUT2D eigenvalue weighted by Gasteiger charge is 2.26. The number of nitrogens with zero attached hydrogens (tertiary/aromatic N) is 11. The molecule has 12 aromatic carbocycles. The maximum absolute atomic E-state index is 11.0. The molecule has 20 aromatic rings. The van der Waals surface area contributed by atoms with Crippen molar-refractivity contribution in [2.75, 3.05) is 0 Å². The summed E-state index contributed by atoms with van der Waals surface area (Å²) in [4.78, 5) is 15.1. The van der Waals surface area contributed by atoms with Crippen LogP contribution in [0.1, 0.15) is 93.8 Å². The summed E-state index contributed by atoms with van der Waals surface area (Å²) in [6.45, 7) is 2.25. The molecule has 0 bridgehead atoms. The maximum Gasteiger partial charge on any atom is 0.335 e. The highest BCUT2D eigenvalue weighted by molar-refractivity contribution is 9.08. The monoisotopic (exact) mass is 2180 g/mol. The van der Waals surface area contributed by atoms with E-state index in [1.54, 1.807) is 12.1 Å². The van der Waals surface area contributed by atoms with E-state index in [9.17, 15) is 4.79 Å². The Bertz CT molecular complexity index is 7790. The fourth-order valence-electron chi connectivity index (χ4n) is 18.6. The lowest BCUT2D eigenvalue weighted by Gasteiger charge is -2.04.